The summed E-state index contributed by atoms with van der Waals surface area (Å²) in [5, 5.41) is 17.3. The van der Waals surface area contributed by atoms with Gasteiger partial charge in [-0.25, -0.2) is 4.57 Å². The van der Waals surface area contributed by atoms with E-state index in [0.29, 0.717) is 38.8 Å². The maximum absolute atomic E-state index is 13.4. The van der Waals surface area contributed by atoms with Gasteiger partial charge in [0.2, 0.25) is 6.29 Å². The maximum Gasteiger partial charge on any atom is 0.527 e. The summed E-state index contributed by atoms with van der Waals surface area (Å²) in [6.45, 7) is 12.9. The van der Waals surface area contributed by atoms with Crippen LogP contribution in [0.5, 0.6) is 11.5 Å². The minimum Gasteiger partial charge on any atom is -0.462 e. The second-order valence-electron chi connectivity index (χ2n) is 13.1. The molecule has 1 unspecified atom stereocenters. The van der Waals surface area contributed by atoms with Crippen molar-refractivity contribution in [3.8, 4) is 11.5 Å². The van der Waals surface area contributed by atoms with Crippen LogP contribution in [0.1, 0.15) is 20.8 Å². The van der Waals surface area contributed by atoms with Gasteiger partial charge in [-0.3, -0.25) is 9.42 Å². The average molecular weight is 950 g/mol. The second-order valence-corrected chi connectivity index (χ2v) is 14.8. The minimum absolute atomic E-state index is 0.00241. The standard InChI is InChI=1S/C34H50ClN6O15P.C6H15N/c35-28-8-4-5-9-29(28)55-57(43,44)56-31-30(26-42)54-34(53-27-6-2-1-3-7-27)33(52-25-23-50-21-19-48-17-15-46-13-11-39-41-37)32(31)51-24-22-49-20-18-47-16-14-45-12-10-38-40-36;1-4-7(5-2)6-3/h1-9,30-34,42H,10-26H2,(H,43,44);4-6H2,1-3H3/t30-,31-,32+,33-,34-;/m1./s1. The Morgan fingerprint density at radius 1 is 0.672 bits per heavy atom. The first-order valence-corrected chi connectivity index (χ1v) is 23.0. The molecule has 0 aromatic heterocycles. The molecule has 0 aliphatic carbocycles. The highest BCUT2D eigenvalue weighted by Crippen LogP contribution is 2.49. The van der Waals surface area contributed by atoms with Gasteiger partial charge in [0.1, 0.15) is 35.9 Å². The van der Waals surface area contributed by atoms with Gasteiger partial charge in [0.25, 0.3) is 0 Å². The van der Waals surface area contributed by atoms with Crippen molar-refractivity contribution in [2.24, 2.45) is 10.2 Å². The quantitative estimate of drug-likeness (QED) is 0.0267. The van der Waals surface area contributed by atoms with Crippen LogP contribution in [0, 0.1) is 0 Å². The molecule has 0 bridgehead atoms. The van der Waals surface area contributed by atoms with E-state index >= 15 is 0 Å². The van der Waals surface area contributed by atoms with Gasteiger partial charge in [-0.2, -0.15) is 0 Å². The predicted molar refractivity (Wildman–Crippen MR) is 235 cm³/mol. The Balaban J connectivity index is 0.00000185. The van der Waals surface area contributed by atoms with Crippen LogP contribution in [0.4, 0.5) is 0 Å². The van der Waals surface area contributed by atoms with Crippen molar-refractivity contribution < 1.29 is 71.0 Å². The molecule has 2 aromatic rings. The summed E-state index contributed by atoms with van der Waals surface area (Å²) in [5.74, 6) is 0.313. The third-order valence-corrected chi connectivity index (χ3v) is 10.0. The van der Waals surface area contributed by atoms with Crippen molar-refractivity contribution in [1.82, 2.24) is 4.90 Å². The third-order valence-electron chi connectivity index (χ3n) is 8.78. The molecule has 0 saturated carbocycles. The van der Waals surface area contributed by atoms with Gasteiger partial charge in [-0.05, 0) is 55.0 Å². The van der Waals surface area contributed by atoms with Crippen molar-refractivity contribution in [3.63, 3.8) is 0 Å². The van der Waals surface area contributed by atoms with E-state index in [-0.39, 0.29) is 83.3 Å². The number of hydrogen-bond acceptors (Lipinski definition) is 17. The summed E-state index contributed by atoms with van der Waals surface area (Å²) in [6, 6.07) is 14.8. The number of rotatable bonds is 36. The van der Waals surface area contributed by atoms with E-state index in [2.05, 4.69) is 45.7 Å². The average Bonchev–Trinajstić information content (AvgIpc) is 3.29. The lowest BCUT2D eigenvalue weighted by Crippen LogP contribution is -2.62. The van der Waals surface area contributed by atoms with Crippen LogP contribution in [0.2, 0.25) is 5.02 Å². The number of halogens is 1. The van der Waals surface area contributed by atoms with E-state index in [1.165, 1.54) is 31.8 Å². The van der Waals surface area contributed by atoms with Crippen LogP contribution < -0.4 is 9.26 Å². The first-order valence-electron chi connectivity index (χ1n) is 21.1. The maximum atomic E-state index is 13.4. The van der Waals surface area contributed by atoms with Gasteiger partial charge in [0, 0.05) is 22.9 Å². The first-order chi connectivity index (χ1) is 31.2. The smallest absolute Gasteiger partial charge is 0.462 e. The summed E-state index contributed by atoms with van der Waals surface area (Å²) in [7, 11) is -4.94. The van der Waals surface area contributed by atoms with Crippen LogP contribution in [-0.2, 0) is 51.7 Å². The molecule has 1 fully saturated rings. The molecule has 1 saturated heterocycles. The Kier molecular flexibility index (Phi) is 32.7. The molecule has 24 heteroatoms. The summed E-state index contributed by atoms with van der Waals surface area (Å²) < 4.78 is 82.0. The van der Waals surface area contributed by atoms with Crippen LogP contribution in [0.3, 0.4) is 0 Å². The van der Waals surface area contributed by atoms with Crippen LogP contribution in [0.15, 0.2) is 64.8 Å². The van der Waals surface area contributed by atoms with E-state index < -0.39 is 45.1 Å². The normalized spacial score (nSPS) is 19.1. The molecule has 362 valence electrons. The van der Waals surface area contributed by atoms with Crippen LogP contribution in [0.25, 0.3) is 20.9 Å². The molecule has 1 aliphatic rings. The van der Waals surface area contributed by atoms with Crippen LogP contribution >= 0.6 is 19.4 Å². The lowest BCUT2D eigenvalue weighted by atomic mass is 9.98. The van der Waals surface area contributed by atoms with Crippen molar-refractivity contribution >= 4 is 19.4 Å². The van der Waals surface area contributed by atoms with Gasteiger partial charge in [-0.1, -0.05) is 72.9 Å². The van der Waals surface area contributed by atoms with Gasteiger partial charge in [0.05, 0.1) is 104 Å². The van der Waals surface area contributed by atoms with E-state index in [1.54, 1.807) is 42.5 Å². The number of aliphatic hydroxyl groups excluding tert-OH is 1. The molecule has 0 radical (unpaired) electrons. The van der Waals surface area contributed by atoms with Gasteiger partial charge < -0.3 is 61.9 Å². The predicted octanol–water partition coefficient (Wildman–Crippen LogP) is 5.84. The molecule has 1 heterocycles. The van der Waals surface area contributed by atoms with E-state index in [4.69, 9.17) is 79.1 Å². The lowest BCUT2D eigenvalue weighted by molar-refractivity contribution is -0.294. The molecule has 3 rings (SSSR count). The number of ether oxygens (including phenoxy) is 10. The Hall–Kier alpha value is -3.34. The zero-order valence-corrected chi connectivity index (χ0v) is 38.5. The monoisotopic (exact) mass is 949 g/mol. The van der Waals surface area contributed by atoms with Gasteiger partial charge >= 0.3 is 7.82 Å². The second kappa shape index (κ2) is 36.8. The van der Waals surface area contributed by atoms with Crippen LogP contribution in [-0.4, -0.2) is 177 Å². The molecule has 1 aliphatic heterocycles. The van der Waals surface area contributed by atoms with Crippen molar-refractivity contribution in [1.29, 1.82) is 0 Å². The Morgan fingerprint density at radius 3 is 1.58 bits per heavy atom. The van der Waals surface area contributed by atoms with Crippen molar-refractivity contribution in [2.75, 3.05) is 132 Å². The fourth-order valence-electron chi connectivity index (χ4n) is 5.61. The summed E-state index contributed by atoms with van der Waals surface area (Å²) in [5.41, 5.74) is 16.6. The number of nitrogens with zero attached hydrogens (tertiary/aromatic N) is 7. The molecule has 64 heavy (non-hydrogen) atoms. The van der Waals surface area contributed by atoms with Gasteiger partial charge in [0.15, 0.2) is 0 Å². The van der Waals surface area contributed by atoms with E-state index in [0.717, 1.165) is 0 Å². The third kappa shape index (κ3) is 25.4. The zero-order valence-electron chi connectivity index (χ0n) is 36.9. The highest BCUT2D eigenvalue weighted by Gasteiger charge is 2.52. The number of para-hydroxylation sites is 2. The zero-order chi connectivity index (χ0) is 46.5. The number of hydrogen-bond donors (Lipinski definition) is 2. The highest BCUT2D eigenvalue weighted by atomic mass is 35.5. The van der Waals surface area contributed by atoms with E-state index in [9.17, 15) is 14.6 Å². The summed E-state index contributed by atoms with van der Waals surface area (Å²) in [6.07, 6.45) is -6.17. The number of aliphatic hydroxyl groups is 1. The first kappa shape index (κ1) is 56.8. The van der Waals surface area contributed by atoms with Crippen molar-refractivity contribution in [2.45, 2.75) is 51.5 Å². The van der Waals surface area contributed by atoms with Crippen molar-refractivity contribution in [3.05, 3.63) is 80.5 Å². The Bertz CT molecular complexity index is 1610. The summed E-state index contributed by atoms with van der Waals surface area (Å²) in [4.78, 5) is 18.6. The number of azide groups is 2. The number of phosphoric acid groups is 1. The minimum atomic E-state index is -4.94. The molecule has 0 amide bonds. The molecule has 2 aromatic carbocycles. The van der Waals surface area contributed by atoms with Gasteiger partial charge in [-0.15, -0.1) is 0 Å². The Morgan fingerprint density at radius 2 is 1.12 bits per heavy atom. The molecule has 6 atom stereocenters. The molecule has 22 nitrogen and oxygen atoms in total. The molecular formula is C40H65ClN7O15P. The fraction of sp³-hybridized carbons (Fsp3) is 0.700. The number of benzene rings is 2. The molecule has 2 N–H and O–H groups in total. The molecule has 0 spiro atoms. The topological polar surface area (TPSA) is 269 Å². The fourth-order valence-corrected chi connectivity index (χ4v) is 6.85. The number of phosphoric ester groups is 1. The van der Waals surface area contributed by atoms with E-state index in [1.807, 2.05) is 0 Å². The highest BCUT2D eigenvalue weighted by molar-refractivity contribution is 7.47. The lowest BCUT2D eigenvalue weighted by Gasteiger charge is -2.45. The SMILES string of the molecule is CCN(CC)CC.[N-]=[N+]=NCCOCCOCCOCCO[C@@H]1[C@@H](OCCOCCOCCOCCN=[N+]=[N-])[C@H](Oc2ccccc2)O[C@H](CO)[C@H]1OP(=O)(O)Oc1ccccc1Cl. The Labute approximate surface area is 380 Å². The summed E-state index contributed by atoms with van der Waals surface area (Å²) >= 11 is 6.17. The molecular weight excluding hydrogens is 885 g/mol. The largest absolute Gasteiger partial charge is 0.527 e.